The number of hydrogen-bond acceptors (Lipinski definition) is 2. The van der Waals surface area contributed by atoms with Gasteiger partial charge in [-0.05, 0) is 43.9 Å². The largest absolute Gasteiger partial charge is 0.377 e. The molecule has 2 aliphatic carbocycles. The molecule has 0 spiro atoms. The Balaban J connectivity index is 1.73. The predicted molar refractivity (Wildman–Crippen MR) is 100 cm³/mol. The molecule has 1 N–H and O–H groups in total. The highest BCUT2D eigenvalue weighted by Gasteiger charge is 2.35. The van der Waals surface area contributed by atoms with Gasteiger partial charge >= 0.3 is 0 Å². The molecule has 0 saturated heterocycles. The van der Waals surface area contributed by atoms with Crippen LogP contribution in [0, 0.1) is 11.8 Å². The summed E-state index contributed by atoms with van der Waals surface area (Å²) in [4.78, 5) is 0. The van der Waals surface area contributed by atoms with Gasteiger partial charge in [-0.25, -0.2) is 8.78 Å². The van der Waals surface area contributed by atoms with Crippen molar-refractivity contribution in [3.8, 4) is 0 Å². The third-order valence-electron chi connectivity index (χ3n) is 6.16. The van der Waals surface area contributed by atoms with Gasteiger partial charge < -0.3 is 10.1 Å². The molecule has 0 bridgehead atoms. The molecule has 0 heterocycles. The third kappa shape index (κ3) is 7.90. The fraction of sp³-hybridized carbons (Fsp3) is 1.00. The minimum absolute atomic E-state index is 0.0878. The van der Waals surface area contributed by atoms with E-state index < -0.39 is 5.92 Å². The van der Waals surface area contributed by atoms with Crippen LogP contribution in [0.25, 0.3) is 0 Å². The lowest BCUT2D eigenvalue weighted by atomic mass is 9.81. The van der Waals surface area contributed by atoms with E-state index >= 15 is 0 Å². The van der Waals surface area contributed by atoms with Crippen LogP contribution >= 0.6 is 0 Å². The maximum atomic E-state index is 13.3. The van der Waals surface area contributed by atoms with Crippen LogP contribution in [0.3, 0.4) is 0 Å². The Hall–Kier alpha value is -0.220. The number of ether oxygens (including phenoxy) is 1. The Morgan fingerprint density at radius 1 is 1.00 bits per heavy atom. The topological polar surface area (TPSA) is 21.3 Å². The maximum Gasteiger partial charge on any atom is 0.248 e. The summed E-state index contributed by atoms with van der Waals surface area (Å²) in [5.41, 5.74) is 0. The quantitative estimate of drug-likeness (QED) is 0.550. The highest BCUT2D eigenvalue weighted by Crippen LogP contribution is 2.38. The van der Waals surface area contributed by atoms with E-state index in [2.05, 4.69) is 26.1 Å². The van der Waals surface area contributed by atoms with E-state index in [1.807, 2.05) is 0 Å². The first-order valence-corrected chi connectivity index (χ1v) is 10.6. The number of halogens is 2. The van der Waals surface area contributed by atoms with Gasteiger partial charge in [0, 0.05) is 24.9 Å². The van der Waals surface area contributed by atoms with Gasteiger partial charge in [0.1, 0.15) is 0 Å². The Morgan fingerprint density at radius 2 is 1.64 bits per heavy atom. The van der Waals surface area contributed by atoms with E-state index in [1.54, 1.807) is 0 Å². The molecule has 2 rings (SSSR count). The van der Waals surface area contributed by atoms with Gasteiger partial charge in [0.25, 0.3) is 0 Å². The van der Waals surface area contributed by atoms with E-state index in [4.69, 9.17) is 4.74 Å². The van der Waals surface area contributed by atoms with Crippen molar-refractivity contribution in [2.75, 3.05) is 6.61 Å². The molecule has 2 aliphatic rings. The van der Waals surface area contributed by atoms with Crippen molar-refractivity contribution < 1.29 is 13.5 Å². The molecule has 0 aromatic rings. The summed E-state index contributed by atoms with van der Waals surface area (Å²) in [6, 6.07) is 0.808. The molecule has 148 valence electrons. The number of nitrogens with one attached hydrogen (secondary N) is 1. The first-order valence-electron chi connectivity index (χ1n) is 10.6. The Labute approximate surface area is 153 Å². The molecule has 2 saturated carbocycles. The van der Waals surface area contributed by atoms with Crippen LogP contribution in [0.15, 0.2) is 0 Å². The number of alkyl halides is 2. The van der Waals surface area contributed by atoms with Crippen molar-refractivity contribution >= 4 is 0 Å². The SMILES string of the molecule is CC(C)NC(COC1CCCCC1)C(C)CCC1CCC(F)(F)CC1. The van der Waals surface area contributed by atoms with Gasteiger partial charge in [0.05, 0.1) is 12.7 Å². The molecule has 0 radical (unpaired) electrons. The molecule has 25 heavy (non-hydrogen) atoms. The summed E-state index contributed by atoms with van der Waals surface area (Å²) in [6.45, 7) is 7.45. The van der Waals surface area contributed by atoms with Crippen LogP contribution in [-0.4, -0.2) is 30.7 Å². The van der Waals surface area contributed by atoms with Gasteiger partial charge in [0.2, 0.25) is 5.92 Å². The predicted octanol–water partition coefficient (Wildman–Crippen LogP) is 5.94. The van der Waals surface area contributed by atoms with Crippen LogP contribution in [0.4, 0.5) is 8.78 Å². The third-order valence-corrected chi connectivity index (χ3v) is 6.16. The van der Waals surface area contributed by atoms with Crippen molar-refractivity contribution in [1.82, 2.24) is 5.32 Å². The average molecular weight is 360 g/mol. The summed E-state index contributed by atoms with van der Waals surface area (Å²) in [6.07, 6.45) is 10.6. The van der Waals surface area contributed by atoms with E-state index in [9.17, 15) is 8.78 Å². The molecular formula is C21H39F2NO. The second kappa shape index (κ2) is 10.2. The summed E-state index contributed by atoms with van der Waals surface area (Å²) < 4.78 is 32.8. The lowest BCUT2D eigenvalue weighted by molar-refractivity contribution is -0.0473. The lowest BCUT2D eigenvalue weighted by Crippen LogP contribution is -2.44. The zero-order valence-corrected chi connectivity index (χ0v) is 16.5. The van der Waals surface area contributed by atoms with Crippen LogP contribution in [0.2, 0.25) is 0 Å². The fourth-order valence-electron chi connectivity index (χ4n) is 4.36. The van der Waals surface area contributed by atoms with Crippen molar-refractivity contribution in [3.05, 3.63) is 0 Å². The smallest absolute Gasteiger partial charge is 0.248 e. The first-order chi connectivity index (χ1) is 11.9. The number of rotatable bonds is 9. The molecule has 0 amide bonds. The Bertz CT molecular complexity index is 359. The summed E-state index contributed by atoms with van der Waals surface area (Å²) in [5, 5.41) is 3.68. The molecular weight excluding hydrogens is 320 g/mol. The molecule has 2 unspecified atom stereocenters. The zero-order chi connectivity index (χ0) is 18.3. The average Bonchev–Trinajstić information content (AvgIpc) is 2.58. The van der Waals surface area contributed by atoms with E-state index in [-0.39, 0.29) is 12.8 Å². The minimum atomic E-state index is -2.41. The molecule has 0 aromatic carbocycles. The van der Waals surface area contributed by atoms with Crippen LogP contribution < -0.4 is 5.32 Å². The second-order valence-electron chi connectivity index (χ2n) is 8.88. The van der Waals surface area contributed by atoms with Crippen molar-refractivity contribution in [2.24, 2.45) is 11.8 Å². The van der Waals surface area contributed by atoms with Crippen molar-refractivity contribution in [2.45, 2.75) is 116 Å². The minimum Gasteiger partial charge on any atom is -0.377 e. The molecule has 0 aromatic heterocycles. The highest BCUT2D eigenvalue weighted by atomic mass is 19.3. The maximum absolute atomic E-state index is 13.3. The highest BCUT2D eigenvalue weighted by molar-refractivity contribution is 4.81. The molecule has 0 aliphatic heterocycles. The van der Waals surface area contributed by atoms with Crippen LogP contribution in [0.5, 0.6) is 0 Å². The number of hydrogen-bond donors (Lipinski definition) is 1. The summed E-state index contributed by atoms with van der Waals surface area (Å²) in [7, 11) is 0. The fourth-order valence-corrected chi connectivity index (χ4v) is 4.36. The van der Waals surface area contributed by atoms with Crippen LogP contribution in [-0.2, 0) is 4.74 Å². The van der Waals surface area contributed by atoms with E-state index in [0.717, 1.165) is 19.4 Å². The normalized spacial score (nSPS) is 25.2. The van der Waals surface area contributed by atoms with Crippen molar-refractivity contribution in [3.63, 3.8) is 0 Å². The monoisotopic (exact) mass is 359 g/mol. The molecule has 2 fully saturated rings. The summed E-state index contributed by atoms with van der Waals surface area (Å²) in [5.74, 6) is -1.40. The van der Waals surface area contributed by atoms with E-state index in [0.29, 0.717) is 42.9 Å². The van der Waals surface area contributed by atoms with Gasteiger partial charge in [-0.1, -0.05) is 46.5 Å². The lowest BCUT2D eigenvalue weighted by Gasteiger charge is -2.32. The van der Waals surface area contributed by atoms with Crippen molar-refractivity contribution in [1.29, 1.82) is 0 Å². The standard InChI is InChI=1S/C21H39F2NO/c1-16(2)24-20(15-25-19-7-5-4-6-8-19)17(3)9-10-18-11-13-21(22,23)14-12-18/h16-20,24H,4-15H2,1-3H3. The molecule has 2 nitrogen and oxygen atoms in total. The Morgan fingerprint density at radius 3 is 2.24 bits per heavy atom. The summed E-state index contributed by atoms with van der Waals surface area (Å²) >= 11 is 0. The molecule has 2 atom stereocenters. The van der Waals surface area contributed by atoms with Gasteiger partial charge in [-0.2, -0.15) is 0 Å². The Kier molecular flexibility index (Phi) is 8.60. The van der Waals surface area contributed by atoms with Crippen LogP contribution in [0.1, 0.15) is 91.4 Å². The zero-order valence-electron chi connectivity index (χ0n) is 16.5. The first kappa shape index (κ1) is 21.1. The van der Waals surface area contributed by atoms with Gasteiger partial charge in [0.15, 0.2) is 0 Å². The van der Waals surface area contributed by atoms with Gasteiger partial charge in [-0.15, -0.1) is 0 Å². The molecule has 4 heteroatoms. The van der Waals surface area contributed by atoms with Gasteiger partial charge in [-0.3, -0.25) is 0 Å². The van der Waals surface area contributed by atoms with E-state index in [1.165, 1.54) is 32.1 Å². The second-order valence-corrected chi connectivity index (χ2v) is 8.88.